The summed E-state index contributed by atoms with van der Waals surface area (Å²) in [4.78, 5) is 7.90. The molecular formula is C15H21ClF3N3. The Kier molecular flexibility index (Phi) is 5.84. The van der Waals surface area contributed by atoms with Gasteiger partial charge < -0.3 is 5.32 Å². The number of hydrogen-bond acceptors (Lipinski definition) is 3. The van der Waals surface area contributed by atoms with E-state index in [0.717, 1.165) is 0 Å². The molecule has 124 valence electrons. The lowest BCUT2D eigenvalue weighted by Gasteiger charge is -2.34. The van der Waals surface area contributed by atoms with Gasteiger partial charge in [0.25, 0.3) is 0 Å². The predicted octanol–water partition coefficient (Wildman–Crippen LogP) is 5.19. The highest BCUT2D eigenvalue weighted by Crippen LogP contribution is 2.35. The van der Waals surface area contributed by atoms with Crippen LogP contribution in [0.3, 0.4) is 0 Å². The van der Waals surface area contributed by atoms with Crippen molar-refractivity contribution in [1.82, 2.24) is 9.97 Å². The van der Waals surface area contributed by atoms with Crippen LogP contribution >= 0.6 is 11.6 Å². The Hall–Kier alpha value is -1.30. The largest absolute Gasteiger partial charge is 0.391 e. The van der Waals surface area contributed by atoms with Gasteiger partial charge in [-0.2, -0.15) is 13.2 Å². The number of aromatic nitrogens is 2. The molecule has 2 unspecified atom stereocenters. The van der Waals surface area contributed by atoms with Gasteiger partial charge in [-0.05, 0) is 23.4 Å². The molecule has 0 aromatic carbocycles. The molecule has 0 radical (unpaired) electrons. The Bertz CT molecular complexity index is 524. The van der Waals surface area contributed by atoms with E-state index in [0.29, 0.717) is 11.4 Å². The summed E-state index contributed by atoms with van der Waals surface area (Å²) in [5.41, 5.74) is 0.202. The number of nitrogens with one attached hydrogen (secondary N) is 1. The topological polar surface area (TPSA) is 37.8 Å². The Balaban J connectivity index is 3.05. The lowest BCUT2D eigenvalue weighted by molar-refractivity contribution is -0.173. The van der Waals surface area contributed by atoms with E-state index >= 15 is 0 Å². The van der Waals surface area contributed by atoms with Crippen molar-refractivity contribution >= 4 is 23.5 Å². The van der Waals surface area contributed by atoms with Gasteiger partial charge in [0.1, 0.15) is 5.82 Å². The van der Waals surface area contributed by atoms with Gasteiger partial charge in [0.15, 0.2) is 0 Å². The van der Waals surface area contributed by atoms with Gasteiger partial charge in [0.2, 0.25) is 5.28 Å². The molecule has 1 rings (SSSR count). The van der Waals surface area contributed by atoms with Crippen LogP contribution in [0, 0.1) is 11.3 Å². The van der Waals surface area contributed by atoms with E-state index in [1.807, 2.05) is 20.8 Å². The summed E-state index contributed by atoms with van der Waals surface area (Å²) in [7, 11) is 0. The van der Waals surface area contributed by atoms with Crippen LogP contribution in [0.25, 0.3) is 6.08 Å². The zero-order valence-electron chi connectivity index (χ0n) is 13.1. The highest BCUT2D eigenvalue weighted by atomic mass is 35.5. The molecule has 0 bridgehead atoms. The minimum Gasteiger partial charge on any atom is -0.366 e. The molecule has 7 heteroatoms. The Morgan fingerprint density at radius 3 is 2.41 bits per heavy atom. The minimum atomic E-state index is -4.23. The molecule has 1 heterocycles. The Labute approximate surface area is 134 Å². The molecule has 0 aliphatic heterocycles. The van der Waals surface area contributed by atoms with Crippen LogP contribution in [0.4, 0.5) is 19.0 Å². The molecule has 0 saturated carbocycles. The fourth-order valence-electron chi connectivity index (χ4n) is 1.92. The fraction of sp³-hybridized carbons (Fsp3) is 0.600. The monoisotopic (exact) mass is 335 g/mol. The van der Waals surface area contributed by atoms with Crippen LogP contribution in [0.2, 0.25) is 5.28 Å². The quantitative estimate of drug-likeness (QED) is 0.753. The van der Waals surface area contributed by atoms with Crippen molar-refractivity contribution in [3.05, 3.63) is 23.6 Å². The van der Waals surface area contributed by atoms with Crippen LogP contribution in [-0.2, 0) is 0 Å². The fourth-order valence-corrected chi connectivity index (χ4v) is 2.05. The summed E-state index contributed by atoms with van der Waals surface area (Å²) in [6.07, 6.45) is -1.27. The number of nitrogens with zero attached hydrogens (tertiary/aromatic N) is 2. The van der Waals surface area contributed by atoms with Gasteiger partial charge in [-0.15, -0.1) is 0 Å². The summed E-state index contributed by atoms with van der Waals surface area (Å²) in [5, 5.41) is 3.11. The van der Waals surface area contributed by atoms with Crippen LogP contribution < -0.4 is 5.32 Å². The number of rotatable bonds is 5. The first-order chi connectivity index (χ1) is 9.95. The van der Waals surface area contributed by atoms with E-state index in [1.165, 1.54) is 19.2 Å². The van der Waals surface area contributed by atoms with Crippen LogP contribution in [0.1, 0.15) is 39.7 Å². The molecule has 0 spiro atoms. The van der Waals surface area contributed by atoms with Gasteiger partial charge in [0, 0.05) is 17.8 Å². The zero-order chi connectivity index (χ0) is 17.1. The van der Waals surface area contributed by atoms with Crippen molar-refractivity contribution in [3.63, 3.8) is 0 Å². The van der Waals surface area contributed by atoms with Crippen molar-refractivity contribution in [2.24, 2.45) is 11.3 Å². The highest BCUT2D eigenvalue weighted by molar-refractivity contribution is 6.28. The molecule has 0 amide bonds. The first kappa shape index (κ1) is 18.7. The molecule has 3 nitrogen and oxygen atoms in total. The van der Waals surface area contributed by atoms with Crippen molar-refractivity contribution < 1.29 is 13.2 Å². The molecule has 0 fully saturated rings. The van der Waals surface area contributed by atoms with Crippen molar-refractivity contribution in [2.45, 2.75) is 46.3 Å². The normalized spacial score (nSPS) is 15.3. The van der Waals surface area contributed by atoms with E-state index in [2.05, 4.69) is 21.9 Å². The number of hydrogen-bond donors (Lipinski definition) is 1. The van der Waals surface area contributed by atoms with E-state index in [-0.39, 0.29) is 11.7 Å². The lowest BCUT2D eigenvalue weighted by Crippen LogP contribution is -2.38. The molecule has 1 N–H and O–H groups in total. The molecule has 1 aromatic rings. The number of halogens is 4. The molecular weight excluding hydrogens is 315 g/mol. The van der Waals surface area contributed by atoms with E-state index in [1.54, 1.807) is 0 Å². The zero-order valence-corrected chi connectivity index (χ0v) is 13.9. The third kappa shape index (κ3) is 5.16. The predicted molar refractivity (Wildman–Crippen MR) is 83.8 cm³/mol. The summed E-state index contributed by atoms with van der Waals surface area (Å²) in [5.74, 6) is -1.03. The van der Waals surface area contributed by atoms with Crippen LogP contribution in [0.15, 0.2) is 12.8 Å². The minimum absolute atomic E-state index is 0.0321. The Morgan fingerprint density at radius 1 is 1.36 bits per heavy atom. The molecule has 0 aliphatic carbocycles. The van der Waals surface area contributed by atoms with Gasteiger partial charge in [-0.1, -0.05) is 40.3 Å². The second-order valence-corrected chi connectivity index (χ2v) is 6.73. The maximum atomic E-state index is 12.9. The highest BCUT2D eigenvalue weighted by Gasteiger charge is 2.39. The average Bonchev–Trinajstić information content (AvgIpc) is 2.35. The average molecular weight is 336 g/mol. The van der Waals surface area contributed by atoms with Gasteiger partial charge in [0.05, 0.1) is 5.92 Å². The summed E-state index contributed by atoms with van der Waals surface area (Å²) >= 11 is 5.77. The first-order valence-electron chi connectivity index (χ1n) is 6.93. The smallest absolute Gasteiger partial charge is 0.366 e. The molecule has 2 atom stereocenters. The molecule has 0 aliphatic rings. The summed E-state index contributed by atoms with van der Waals surface area (Å²) in [6.45, 7) is 10.5. The Morgan fingerprint density at radius 2 is 1.95 bits per heavy atom. The van der Waals surface area contributed by atoms with Crippen molar-refractivity contribution in [2.75, 3.05) is 5.32 Å². The van der Waals surface area contributed by atoms with Gasteiger partial charge in [-0.3, -0.25) is 0 Å². The van der Waals surface area contributed by atoms with Gasteiger partial charge >= 0.3 is 6.18 Å². The van der Waals surface area contributed by atoms with E-state index in [4.69, 9.17) is 11.6 Å². The maximum absolute atomic E-state index is 12.9. The number of alkyl halides is 3. The summed E-state index contributed by atoms with van der Waals surface area (Å²) < 4.78 is 38.6. The number of anilines is 1. The van der Waals surface area contributed by atoms with Crippen molar-refractivity contribution in [3.8, 4) is 0 Å². The summed E-state index contributed by atoms with van der Waals surface area (Å²) in [6, 6.07) is -0.436. The molecule has 1 aromatic heterocycles. The first-order valence-corrected chi connectivity index (χ1v) is 7.31. The van der Waals surface area contributed by atoms with E-state index < -0.39 is 23.6 Å². The molecule has 0 saturated heterocycles. The van der Waals surface area contributed by atoms with Crippen LogP contribution in [0.5, 0.6) is 0 Å². The maximum Gasteiger partial charge on any atom is 0.391 e. The van der Waals surface area contributed by atoms with Gasteiger partial charge in [-0.25, -0.2) is 9.97 Å². The molecule has 22 heavy (non-hydrogen) atoms. The SMILES string of the molecule is C=Cc1cnc(Cl)nc1NC(CC(C)C(F)(F)F)C(C)(C)C. The second-order valence-electron chi connectivity index (χ2n) is 6.39. The third-order valence-corrected chi connectivity index (χ3v) is 3.69. The van der Waals surface area contributed by atoms with Crippen LogP contribution in [-0.4, -0.2) is 22.2 Å². The second kappa shape index (κ2) is 6.86. The van der Waals surface area contributed by atoms with E-state index in [9.17, 15) is 13.2 Å². The van der Waals surface area contributed by atoms with Crippen molar-refractivity contribution in [1.29, 1.82) is 0 Å². The standard InChI is InChI=1S/C15H21ClF3N3/c1-6-10-8-20-13(16)22-12(10)21-11(14(3,4)5)7-9(2)15(17,18)19/h6,8-9,11H,1,7H2,2-5H3,(H,20,21,22). The lowest BCUT2D eigenvalue weighted by atomic mass is 9.81. The third-order valence-electron chi connectivity index (χ3n) is 3.51.